The van der Waals surface area contributed by atoms with E-state index in [-0.39, 0.29) is 30.7 Å². The number of aryl methyl sites for hydroxylation is 1. The number of halogens is 1. The minimum Gasteiger partial charge on any atom is -0.347 e. The quantitative estimate of drug-likeness (QED) is 0.863. The van der Waals surface area contributed by atoms with Gasteiger partial charge < -0.3 is 14.7 Å². The van der Waals surface area contributed by atoms with E-state index < -0.39 is 0 Å². The molecule has 1 aliphatic heterocycles. The highest BCUT2D eigenvalue weighted by Crippen LogP contribution is 2.20. The van der Waals surface area contributed by atoms with Crippen LogP contribution in [0.4, 0.5) is 0 Å². The van der Waals surface area contributed by atoms with E-state index in [9.17, 15) is 9.59 Å². The van der Waals surface area contributed by atoms with Gasteiger partial charge in [-0.3, -0.25) is 9.59 Å². The zero-order valence-corrected chi connectivity index (χ0v) is 15.3. The van der Waals surface area contributed by atoms with Crippen molar-refractivity contribution in [3.63, 3.8) is 0 Å². The van der Waals surface area contributed by atoms with Crippen molar-refractivity contribution in [3.8, 4) is 0 Å². The summed E-state index contributed by atoms with van der Waals surface area (Å²) < 4.78 is 4.98. The number of nitrogens with zero attached hydrogens (tertiary/aromatic N) is 3. The van der Waals surface area contributed by atoms with Crippen LogP contribution in [0.5, 0.6) is 0 Å². The van der Waals surface area contributed by atoms with Gasteiger partial charge in [-0.25, -0.2) is 0 Å². The molecule has 1 aromatic heterocycles. The molecule has 2 heterocycles. The zero-order chi connectivity index (χ0) is 18.5. The van der Waals surface area contributed by atoms with E-state index in [0.29, 0.717) is 42.7 Å². The molecule has 7 nitrogen and oxygen atoms in total. The van der Waals surface area contributed by atoms with Gasteiger partial charge in [0.15, 0.2) is 5.82 Å². The lowest BCUT2D eigenvalue weighted by Gasteiger charge is -2.31. The molecule has 26 heavy (non-hydrogen) atoms. The van der Waals surface area contributed by atoms with Crippen molar-refractivity contribution in [3.05, 3.63) is 46.6 Å². The Labute approximate surface area is 156 Å². The molecule has 138 valence electrons. The second-order valence-corrected chi connectivity index (χ2v) is 6.78. The summed E-state index contributed by atoms with van der Waals surface area (Å²) in [6.45, 7) is 3.09. The van der Waals surface area contributed by atoms with Gasteiger partial charge in [0.25, 0.3) is 0 Å². The highest BCUT2D eigenvalue weighted by molar-refractivity contribution is 6.31. The maximum atomic E-state index is 12.4. The Morgan fingerprint density at radius 3 is 2.69 bits per heavy atom. The number of benzene rings is 1. The van der Waals surface area contributed by atoms with Gasteiger partial charge in [0.1, 0.15) is 0 Å². The number of carbonyl (C=O) groups is 2. The van der Waals surface area contributed by atoms with Crippen molar-refractivity contribution < 1.29 is 14.1 Å². The molecule has 1 aliphatic rings. The molecule has 0 bridgehead atoms. The van der Waals surface area contributed by atoms with Crippen LogP contribution in [0.1, 0.15) is 30.1 Å². The monoisotopic (exact) mass is 376 g/mol. The van der Waals surface area contributed by atoms with E-state index in [1.165, 1.54) is 0 Å². The predicted octanol–water partition coefficient (Wildman–Crippen LogP) is 2.13. The first-order valence-corrected chi connectivity index (χ1v) is 8.99. The van der Waals surface area contributed by atoms with Crippen molar-refractivity contribution in [2.24, 2.45) is 5.92 Å². The fourth-order valence-corrected chi connectivity index (χ4v) is 3.23. The number of hydrogen-bond donors (Lipinski definition) is 1. The molecule has 1 N–H and O–H groups in total. The molecule has 0 unspecified atom stereocenters. The lowest BCUT2D eigenvalue weighted by molar-refractivity contribution is -0.135. The first-order valence-electron chi connectivity index (χ1n) is 8.61. The van der Waals surface area contributed by atoms with Gasteiger partial charge >= 0.3 is 0 Å². The Balaban J connectivity index is 1.45. The molecule has 2 amide bonds. The zero-order valence-electron chi connectivity index (χ0n) is 14.6. The number of hydrogen-bond acceptors (Lipinski definition) is 5. The van der Waals surface area contributed by atoms with E-state index in [1.807, 2.05) is 18.2 Å². The van der Waals surface area contributed by atoms with Crippen molar-refractivity contribution in [2.45, 2.75) is 32.7 Å². The third-order valence-corrected chi connectivity index (χ3v) is 4.87. The maximum Gasteiger partial charge on any atom is 0.246 e. The molecule has 2 aromatic rings. The van der Waals surface area contributed by atoms with Crippen LogP contribution in [0.3, 0.4) is 0 Å². The highest BCUT2D eigenvalue weighted by Gasteiger charge is 2.27. The molecule has 0 radical (unpaired) electrons. The molecular weight excluding hydrogens is 356 g/mol. The third kappa shape index (κ3) is 4.60. The van der Waals surface area contributed by atoms with E-state index in [2.05, 4.69) is 15.5 Å². The van der Waals surface area contributed by atoms with Crippen LogP contribution >= 0.6 is 11.6 Å². The minimum absolute atomic E-state index is 0.0401. The van der Waals surface area contributed by atoms with Crippen molar-refractivity contribution in [1.29, 1.82) is 0 Å². The number of piperidine rings is 1. The average molecular weight is 377 g/mol. The van der Waals surface area contributed by atoms with E-state index in [1.54, 1.807) is 17.9 Å². The molecule has 1 aromatic carbocycles. The molecule has 1 saturated heterocycles. The van der Waals surface area contributed by atoms with Gasteiger partial charge in [-0.2, -0.15) is 4.98 Å². The number of carbonyl (C=O) groups excluding carboxylic acids is 2. The van der Waals surface area contributed by atoms with Crippen LogP contribution in [-0.2, 0) is 22.6 Å². The van der Waals surface area contributed by atoms with Crippen LogP contribution in [0.15, 0.2) is 28.8 Å². The van der Waals surface area contributed by atoms with Gasteiger partial charge in [0.05, 0.1) is 13.0 Å². The normalized spacial score (nSPS) is 15.1. The highest BCUT2D eigenvalue weighted by atomic mass is 35.5. The number of aromatic nitrogens is 2. The third-order valence-electron chi connectivity index (χ3n) is 4.50. The lowest BCUT2D eigenvalue weighted by atomic mass is 9.95. The second-order valence-electron chi connectivity index (χ2n) is 6.38. The topological polar surface area (TPSA) is 88.3 Å². The summed E-state index contributed by atoms with van der Waals surface area (Å²) in [6, 6.07) is 7.36. The minimum atomic E-state index is -0.108. The molecule has 0 saturated carbocycles. The van der Waals surface area contributed by atoms with Crippen LogP contribution < -0.4 is 5.32 Å². The van der Waals surface area contributed by atoms with E-state index >= 15 is 0 Å². The summed E-state index contributed by atoms with van der Waals surface area (Å²) in [5.41, 5.74) is 0.828. The fourth-order valence-electron chi connectivity index (χ4n) is 3.03. The summed E-state index contributed by atoms with van der Waals surface area (Å²) in [5, 5.41) is 7.11. The summed E-state index contributed by atoms with van der Waals surface area (Å²) in [4.78, 5) is 30.6. The first-order chi connectivity index (χ1) is 12.5. The molecule has 8 heteroatoms. The Hall–Kier alpha value is -2.41. The van der Waals surface area contributed by atoms with Gasteiger partial charge in [-0.15, -0.1) is 0 Å². The molecule has 3 rings (SSSR count). The van der Waals surface area contributed by atoms with Crippen molar-refractivity contribution in [1.82, 2.24) is 20.4 Å². The number of rotatable bonds is 5. The number of nitrogens with one attached hydrogen (secondary N) is 1. The molecule has 0 atom stereocenters. The SMILES string of the molecule is Cc1noc(CNC(=O)C2CCN(C(=O)Cc3ccccc3Cl)CC2)n1. The predicted molar refractivity (Wildman–Crippen MR) is 95.3 cm³/mol. The van der Waals surface area contributed by atoms with Crippen LogP contribution in [0, 0.1) is 12.8 Å². The summed E-state index contributed by atoms with van der Waals surface area (Å²) in [6.07, 6.45) is 1.57. The Bertz CT molecular complexity index is 784. The average Bonchev–Trinajstić information content (AvgIpc) is 3.07. The second kappa shape index (κ2) is 8.31. The smallest absolute Gasteiger partial charge is 0.246 e. The van der Waals surface area contributed by atoms with E-state index in [4.69, 9.17) is 16.1 Å². The number of amides is 2. The van der Waals surface area contributed by atoms with Gasteiger partial charge in [0, 0.05) is 24.0 Å². The van der Waals surface area contributed by atoms with Crippen LogP contribution in [0.25, 0.3) is 0 Å². The Morgan fingerprint density at radius 1 is 1.31 bits per heavy atom. The summed E-state index contributed by atoms with van der Waals surface area (Å²) in [5.74, 6) is 0.823. The Kier molecular flexibility index (Phi) is 5.88. The standard InChI is InChI=1S/C18H21ClN4O3/c1-12-21-16(26-22-12)11-20-18(25)13-6-8-23(9-7-13)17(24)10-14-4-2-3-5-15(14)19/h2-5,13H,6-11H2,1H3,(H,20,25). The molecule has 1 fully saturated rings. The first kappa shape index (κ1) is 18.4. The molecule has 0 spiro atoms. The van der Waals surface area contributed by atoms with E-state index in [0.717, 1.165) is 5.56 Å². The number of likely N-dealkylation sites (tertiary alicyclic amines) is 1. The van der Waals surface area contributed by atoms with Crippen LogP contribution in [-0.4, -0.2) is 39.9 Å². The van der Waals surface area contributed by atoms with Crippen LogP contribution in [0.2, 0.25) is 5.02 Å². The lowest BCUT2D eigenvalue weighted by Crippen LogP contribution is -2.43. The maximum absolute atomic E-state index is 12.4. The van der Waals surface area contributed by atoms with Gasteiger partial charge in [0.2, 0.25) is 17.7 Å². The van der Waals surface area contributed by atoms with Crippen molar-refractivity contribution >= 4 is 23.4 Å². The summed E-state index contributed by atoms with van der Waals surface area (Å²) >= 11 is 6.12. The summed E-state index contributed by atoms with van der Waals surface area (Å²) in [7, 11) is 0. The van der Waals surface area contributed by atoms with Gasteiger partial charge in [-0.1, -0.05) is 35.0 Å². The molecule has 0 aliphatic carbocycles. The molecular formula is C18H21ClN4O3. The fraction of sp³-hybridized carbons (Fsp3) is 0.444. The largest absolute Gasteiger partial charge is 0.347 e. The van der Waals surface area contributed by atoms with Crippen molar-refractivity contribution in [2.75, 3.05) is 13.1 Å². The Morgan fingerprint density at radius 2 is 2.04 bits per heavy atom. The van der Waals surface area contributed by atoms with Gasteiger partial charge in [-0.05, 0) is 31.4 Å².